The van der Waals surface area contributed by atoms with Crippen molar-refractivity contribution in [2.75, 3.05) is 0 Å². The summed E-state index contributed by atoms with van der Waals surface area (Å²) in [6, 6.07) is 0.226. The van der Waals surface area contributed by atoms with Crippen LogP contribution in [0, 0.1) is 0 Å². The zero-order valence-electron chi connectivity index (χ0n) is 9.63. The fraction of sp³-hybridized carbons (Fsp3) is 0.583. The van der Waals surface area contributed by atoms with Gasteiger partial charge in [0.15, 0.2) is 0 Å². The quantitative estimate of drug-likeness (QED) is 0.671. The summed E-state index contributed by atoms with van der Waals surface area (Å²) in [6.07, 6.45) is 7.56. The Hall–Kier alpha value is -1.05. The maximum atomic E-state index is 11.1. The van der Waals surface area contributed by atoms with Crippen molar-refractivity contribution in [3.63, 3.8) is 0 Å². The summed E-state index contributed by atoms with van der Waals surface area (Å²) >= 11 is 0. The molecule has 0 rings (SSSR count). The van der Waals surface area contributed by atoms with Crippen molar-refractivity contribution in [1.29, 1.82) is 0 Å². The van der Waals surface area contributed by atoms with Crippen molar-refractivity contribution >= 4 is 5.91 Å². The van der Waals surface area contributed by atoms with Crippen molar-refractivity contribution in [1.82, 2.24) is 5.32 Å². The van der Waals surface area contributed by atoms with E-state index in [0.29, 0.717) is 6.42 Å². The molecule has 0 bridgehead atoms. The molecule has 0 saturated heterocycles. The second-order valence-electron chi connectivity index (χ2n) is 3.57. The minimum atomic E-state index is 0.122. The van der Waals surface area contributed by atoms with Crippen molar-refractivity contribution in [3.05, 3.63) is 23.8 Å². The Balaban J connectivity index is 3.93. The molecule has 1 amide bonds. The average Bonchev–Trinajstić information content (AvgIpc) is 2.14. The first-order valence-electron chi connectivity index (χ1n) is 5.18. The van der Waals surface area contributed by atoms with Crippen molar-refractivity contribution in [3.8, 4) is 0 Å². The van der Waals surface area contributed by atoms with Gasteiger partial charge in [-0.25, -0.2) is 0 Å². The maximum Gasteiger partial charge on any atom is 0.219 e. The van der Waals surface area contributed by atoms with Crippen LogP contribution >= 0.6 is 0 Å². The van der Waals surface area contributed by atoms with E-state index in [9.17, 15) is 4.79 Å². The summed E-state index contributed by atoms with van der Waals surface area (Å²) in [4.78, 5) is 11.1. The molecule has 80 valence electrons. The summed E-state index contributed by atoms with van der Waals surface area (Å²) in [5.41, 5.74) is 1.28. The van der Waals surface area contributed by atoms with Crippen molar-refractivity contribution < 1.29 is 4.79 Å². The molecule has 0 heterocycles. The van der Waals surface area contributed by atoms with Crippen molar-refractivity contribution in [2.45, 2.75) is 46.6 Å². The lowest BCUT2D eigenvalue weighted by atomic mass is 10.1. The highest BCUT2D eigenvalue weighted by Crippen LogP contribution is 2.04. The van der Waals surface area contributed by atoms with Gasteiger partial charge < -0.3 is 5.32 Å². The molecule has 0 spiro atoms. The summed E-state index contributed by atoms with van der Waals surface area (Å²) in [7, 11) is 0. The van der Waals surface area contributed by atoms with Crippen LogP contribution in [0.25, 0.3) is 0 Å². The summed E-state index contributed by atoms with van der Waals surface area (Å²) in [6.45, 7) is 7.96. The van der Waals surface area contributed by atoms with Gasteiger partial charge in [0, 0.05) is 12.5 Å². The number of nitrogens with one attached hydrogen (secondary N) is 1. The molecule has 0 fully saturated rings. The van der Waals surface area contributed by atoms with Gasteiger partial charge in [-0.2, -0.15) is 0 Å². The minimum absolute atomic E-state index is 0.122. The lowest BCUT2D eigenvalue weighted by Gasteiger charge is -2.13. The molecule has 0 saturated carbocycles. The van der Waals surface area contributed by atoms with E-state index in [-0.39, 0.29) is 11.9 Å². The number of carbonyl (C=O) groups is 1. The average molecular weight is 195 g/mol. The van der Waals surface area contributed by atoms with Crippen LogP contribution in [-0.2, 0) is 4.79 Å². The van der Waals surface area contributed by atoms with Gasteiger partial charge in [-0.05, 0) is 27.2 Å². The Morgan fingerprint density at radius 2 is 2.14 bits per heavy atom. The molecule has 0 aromatic rings. The molecule has 1 atom stereocenters. The lowest BCUT2D eigenvalue weighted by molar-refractivity contribution is -0.121. The van der Waals surface area contributed by atoms with Crippen LogP contribution in [-0.4, -0.2) is 11.9 Å². The molecule has 0 aliphatic heterocycles. The van der Waals surface area contributed by atoms with Gasteiger partial charge in [0.05, 0.1) is 0 Å². The Morgan fingerprint density at radius 1 is 1.50 bits per heavy atom. The minimum Gasteiger partial charge on any atom is -0.353 e. The molecule has 1 unspecified atom stereocenters. The third-order valence-electron chi connectivity index (χ3n) is 1.93. The number of amides is 1. The third kappa shape index (κ3) is 6.46. The molecular formula is C12H21NO. The molecular weight excluding hydrogens is 174 g/mol. The van der Waals surface area contributed by atoms with E-state index in [4.69, 9.17) is 0 Å². The second kappa shape index (κ2) is 7.36. The third-order valence-corrected chi connectivity index (χ3v) is 1.93. The van der Waals surface area contributed by atoms with E-state index < -0.39 is 0 Å². The first-order chi connectivity index (χ1) is 6.60. The second-order valence-corrected chi connectivity index (χ2v) is 3.57. The first-order valence-corrected chi connectivity index (χ1v) is 5.18. The highest BCUT2D eigenvalue weighted by molar-refractivity contribution is 5.75. The zero-order valence-corrected chi connectivity index (χ0v) is 9.63. The fourth-order valence-corrected chi connectivity index (χ4v) is 1.24. The van der Waals surface area contributed by atoms with Gasteiger partial charge in [-0.1, -0.05) is 30.7 Å². The Morgan fingerprint density at radius 3 is 2.64 bits per heavy atom. The van der Waals surface area contributed by atoms with Crippen LogP contribution in [0.5, 0.6) is 0 Å². The van der Waals surface area contributed by atoms with Crippen molar-refractivity contribution in [2.24, 2.45) is 0 Å². The van der Waals surface area contributed by atoms with Crippen LogP contribution in [0.2, 0.25) is 0 Å². The number of allylic oxidation sites excluding steroid dienone is 3. The number of hydrogen-bond donors (Lipinski definition) is 1. The molecule has 2 nitrogen and oxygen atoms in total. The van der Waals surface area contributed by atoms with Crippen LogP contribution in [0.3, 0.4) is 0 Å². The molecule has 0 aliphatic carbocycles. The predicted octanol–water partition coefficient (Wildman–Crippen LogP) is 2.81. The summed E-state index contributed by atoms with van der Waals surface area (Å²) in [5.74, 6) is 0.122. The molecule has 14 heavy (non-hydrogen) atoms. The zero-order chi connectivity index (χ0) is 11.0. The van der Waals surface area contributed by atoms with E-state index in [1.807, 2.05) is 32.9 Å². The first kappa shape index (κ1) is 12.9. The molecule has 2 heteroatoms. The number of carbonyl (C=O) groups excluding carboxylic acids is 1. The Bertz CT molecular complexity index is 228. The summed E-state index contributed by atoms with van der Waals surface area (Å²) in [5, 5.41) is 2.93. The van der Waals surface area contributed by atoms with Crippen LogP contribution < -0.4 is 5.32 Å². The van der Waals surface area contributed by atoms with Gasteiger partial charge in [-0.3, -0.25) is 4.79 Å². The molecule has 1 N–H and O–H groups in total. The lowest BCUT2D eigenvalue weighted by Crippen LogP contribution is -2.31. The van der Waals surface area contributed by atoms with Crippen LogP contribution in [0.4, 0.5) is 0 Å². The topological polar surface area (TPSA) is 29.1 Å². The SMILES string of the molecule is C/C=C\C=C(/C)CC(C)NC(=O)CC. The molecule has 0 radical (unpaired) electrons. The monoisotopic (exact) mass is 195 g/mol. The standard InChI is InChI=1S/C12H21NO/c1-5-7-8-10(3)9-11(4)13-12(14)6-2/h5,7-8,11H,6,9H2,1-4H3,(H,13,14)/b7-5-,10-8+. The Labute approximate surface area is 87.1 Å². The van der Waals surface area contributed by atoms with E-state index in [2.05, 4.69) is 18.3 Å². The van der Waals surface area contributed by atoms with E-state index >= 15 is 0 Å². The van der Waals surface area contributed by atoms with Crippen LogP contribution in [0.1, 0.15) is 40.5 Å². The largest absolute Gasteiger partial charge is 0.353 e. The summed E-state index contributed by atoms with van der Waals surface area (Å²) < 4.78 is 0. The molecule has 0 aromatic carbocycles. The Kier molecular flexibility index (Phi) is 6.81. The van der Waals surface area contributed by atoms with Gasteiger partial charge >= 0.3 is 0 Å². The number of hydrogen-bond acceptors (Lipinski definition) is 1. The number of rotatable bonds is 5. The highest BCUT2D eigenvalue weighted by Gasteiger charge is 2.04. The van der Waals surface area contributed by atoms with Gasteiger partial charge in [0.25, 0.3) is 0 Å². The van der Waals surface area contributed by atoms with Gasteiger partial charge in [-0.15, -0.1) is 0 Å². The predicted molar refractivity (Wildman–Crippen MR) is 61.1 cm³/mol. The highest BCUT2D eigenvalue weighted by atomic mass is 16.1. The van der Waals surface area contributed by atoms with E-state index in [1.165, 1.54) is 5.57 Å². The smallest absolute Gasteiger partial charge is 0.219 e. The molecule has 0 aliphatic rings. The van der Waals surface area contributed by atoms with Crippen LogP contribution in [0.15, 0.2) is 23.8 Å². The van der Waals surface area contributed by atoms with E-state index in [0.717, 1.165) is 6.42 Å². The van der Waals surface area contributed by atoms with Gasteiger partial charge in [0.2, 0.25) is 5.91 Å². The van der Waals surface area contributed by atoms with Gasteiger partial charge in [0.1, 0.15) is 0 Å². The molecule has 0 aromatic heterocycles. The normalized spacial score (nSPS) is 14.4. The maximum absolute atomic E-state index is 11.1. The fourth-order valence-electron chi connectivity index (χ4n) is 1.24. The van der Waals surface area contributed by atoms with E-state index in [1.54, 1.807) is 0 Å².